The van der Waals surface area contributed by atoms with Crippen LogP contribution in [-0.4, -0.2) is 31.4 Å². The summed E-state index contributed by atoms with van der Waals surface area (Å²) in [6, 6.07) is 21.2. The minimum atomic E-state index is -3.92. The number of carbonyl (C=O) groups is 1. The van der Waals surface area contributed by atoms with Gasteiger partial charge in [-0.15, -0.1) is 11.8 Å². The van der Waals surface area contributed by atoms with Crippen LogP contribution in [0.25, 0.3) is 0 Å². The molecule has 3 aromatic carbocycles. The summed E-state index contributed by atoms with van der Waals surface area (Å²) in [6.07, 6.45) is 2.00. The van der Waals surface area contributed by atoms with Crippen LogP contribution in [0, 0.1) is 6.92 Å². The van der Waals surface area contributed by atoms with Gasteiger partial charge in [0.2, 0.25) is 15.9 Å². The Morgan fingerprint density at radius 3 is 2.33 bits per heavy atom. The second-order valence-electron chi connectivity index (χ2n) is 7.78. The van der Waals surface area contributed by atoms with Gasteiger partial charge in [0.1, 0.15) is 0 Å². The van der Waals surface area contributed by atoms with Gasteiger partial charge < -0.3 is 5.32 Å². The first-order valence-corrected chi connectivity index (χ1v) is 13.5. The van der Waals surface area contributed by atoms with E-state index in [9.17, 15) is 13.2 Å². The summed E-state index contributed by atoms with van der Waals surface area (Å²) in [6.45, 7) is 3.60. The second kappa shape index (κ2) is 11.2. The Bertz CT molecular complexity index is 1200. The molecule has 0 aromatic heterocycles. The maximum atomic E-state index is 13.4. The zero-order chi connectivity index (χ0) is 24.0. The molecule has 0 heterocycles. The Morgan fingerprint density at radius 2 is 1.73 bits per heavy atom. The molecule has 1 unspecified atom stereocenters. The van der Waals surface area contributed by atoms with Crippen molar-refractivity contribution in [2.45, 2.75) is 36.2 Å². The van der Waals surface area contributed by atoms with Gasteiger partial charge in [-0.3, -0.25) is 4.79 Å². The van der Waals surface area contributed by atoms with Crippen molar-refractivity contribution >= 4 is 39.3 Å². The first kappa shape index (κ1) is 25.3. The van der Waals surface area contributed by atoms with Gasteiger partial charge in [-0.05, 0) is 67.6 Å². The molecule has 0 spiro atoms. The van der Waals surface area contributed by atoms with Crippen LogP contribution in [0.1, 0.15) is 29.7 Å². The van der Waals surface area contributed by atoms with E-state index >= 15 is 0 Å². The Kier molecular flexibility index (Phi) is 8.59. The smallest absolute Gasteiger partial charge is 0.243 e. The van der Waals surface area contributed by atoms with Gasteiger partial charge in [-0.2, -0.15) is 4.31 Å². The number of aryl methyl sites for hydroxylation is 1. The fourth-order valence-electron chi connectivity index (χ4n) is 3.42. The lowest BCUT2D eigenvalue weighted by molar-refractivity contribution is -0.122. The zero-order valence-corrected chi connectivity index (χ0v) is 21.2. The van der Waals surface area contributed by atoms with Crippen molar-refractivity contribution in [1.29, 1.82) is 0 Å². The molecule has 0 saturated carbocycles. The number of nitrogens with one attached hydrogen (secondary N) is 1. The lowest BCUT2D eigenvalue weighted by atomic mass is 10.1. The van der Waals surface area contributed by atoms with Crippen molar-refractivity contribution in [3.05, 3.63) is 94.5 Å². The number of benzene rings is 3. The maximum Gasteiger partial charge on any atom is 0.243 e. The molecule has 0 bridgehead atoms. The quantitative estimate of drug-likeness (QED) is 0.396. The summed E-state index contributed by atoms with van der Waals surface area (Å²) in [5.41, 5.74) is 2.77. The third kappa shape index (κ3) is 6.84. The number of rotatable bonds is 9. The minimum absolute atomic E-state index is 0.0802. The second-order valence-corrected chi connectivity index (χ2v) is 11.0. The van der Waals surface area contributed by atoms with E-state index in [4.69, 9.17) is 11.6 Å². The standard InChI is InChI=1S/C25H27ClN2O3S2/c1-18-5-4-6-20(15-18)16-28(33(30,31)24-13-9-22(26)10-14-24)17-25(29)27-19(2)21-7-11-23(32-3)12-8-21/h4-15,19H,16-17H2,1-3H3,(H,27,29). The molecule has 0 saturated heterocycles. The molecule has 0 radical (unpaired) electrons. The third-order valence-corrected chi connectivity index (χ3v) is 8.01. The van der Waals surface area contributed by atoms with Crippen molar-refractivity contribution in [2.75, 3.05) is 12.8 Å². The van der Waals surface area contributed by atoms with Crippen LogP contribution < -0.4 is 5.32 Å². The zero-order valence-electron chi connectivity index (χ0n) is 18.8. The van der Waals surface area contributed by atoms with Crippen LogP contribution in [0.5, 0.6) is 0 Å². The predicted molar refractivity (Wildman–Crippen MR) is 135 cm³/mol. The number of hydrogen-bond acceptors (Lipinski definition) is 4. The molecule has 3 aromatic rings. The lowest BCUT2D eigenvalue weighted by Crippen LogP contribution is -2.41. The maximum absolute atomic E-state index is 13.4. The molecule has 1 atom stereocenters. The van der Waals surface area contributed by atoms with Crippen molar-refractivity contribution in [3.8, 4) is 0 Å². The van der Waals surface area contributed by atoms with Crippen LogP contribution >= 0.6 is 23.4 Å². The largest absolute Gasteiger partial charge is 0.348 e. The van der Waals surface area contributed by atoms with Gasteiger partial charge >= 0.3 is 0 Å². The van der Waals surface area contributed by atoms with E-state index in [0.717, 1.165) is 21.6 Å². The number of nitrogens with zero attached hydrogens (tertiary/aromatic N) is 1. The van der Waals surface area contributed by atoms with Crippen LogP contribution in [0.15, 0.2) is 82.6 Å². The molecule has 1 N–H and O–H groups in total. The van der Waals surface area contributed by atoms with E-state index in [2.05, 4.69) is 5.32 Å². The molecule has 0 aliphatic carbocycles. The molecule has 0 fully saturated rings. The van der Waals surface area contributed by atoms with E-state index < -0.39 is 10.0 Å². The summed E-state index contributed by atoms with van der Waals surface area (Å²) in [5, 5.41) is 3.36. The lowest BCUT2D eigenvalue weighted by Gasteiger charge is -2.23. The number of amides is 1. The fraction of sp³-hybridized carbons (Fsp3) is 0.240. The van der Waals surface area contributed by atoms with Crippen molar-refractivity contribution < 1.29 is 13.2 Å². The average molecular weight is 503 g/mol. The van der Waals surface area contributed by atoms with E-state index in [1.807, 2.05) is 68.6 Å². The topological polar surface area (TPSA) is 66.5 Å². The molecule has 1 amide bonds. The summed E-state index contributed by atoms with van der Waals surface area (Å²) in [5.74, 6) is -0.373. The normalized spacial score (nSPS) is 12.5. The monoisotopic (exact) mass is 502 g/mol. The molecule has 33 heavy (non-hydrogen) atoms. The van der Waals surface area contributed by atoms with E-state index in [0.29, 0.717) is 5.02 Å². The van der Waals surface area contributed by atoms with Gasteiger partial charge in [0.15, 0.2) is 0 Å². The van der Waals surface area contributed by atoms with Crippen molar-refractivity contribution in [2.24, 2.45) is 0 Å². The highest BCUT2D eigenvalue weighted by molar-refractivity contribution is 7.98. The van der Waals surface area contributed by atoms with Gasteiger partial charge in [-0.25, -0.2) is 8.42 Å². The highest BCUT2D eigenvalue weighted by atomic mass is 35.5. The van der Waals surface area contributed by atoms with Gasteiger partial charge in [0.25, 0.3) is 0 Å². The summed E-state index contributed by atoms with van der Waals surface area (Å²) >= 11 is 7.58. The summed E-state index contributed by atoms with van der Waals surface area (Å²) < 4.78 is 28.0. The molecule has 0 aliphatic rings. The van der Waals surface area contributed by atoms with Crippen molar-refractivity contribution in [1.82, 2.24) is 9.62 Å². The van der Waals surface area contributed by atoms with Crippen LogP contribution in [0.2, 0.25) is 5.02 Å². The summed E-state index contributed by atoms with van der Waals surface area (Å²) in [7, 11) is -3.92. The van der Waals surface area contributed by atoms with E-state index in [1.165, 1.54) is 28.6 Å². The van der Waals surface area contributed by atoms with Crippen LogP contribution in [0.4, 0.5) is 0 Å². The molecular formula is C25H27ClN2O3S2. The van der Waals surface area contributed by atoms with Gasteiger partial charge in [-0.1, -0.05) is 53.6 Å². The Morgan fingerprint density at radius 1 is 1.06 bits per heavy atom. The molecule has 0 aliphatic heterocycles. The Labute approximate surface area is 205 Å². The van der Waals surface area contributed by atoms with Gasteiger partial charge in [0, 0.05) is 16.5 Å². The Hall–Kier alpha value is -2.32. The predicted octanol–water partition coefficient (Wildman–Crippen LogP) is 5.44. The SMILES string of the molecule is CSc1ccc(C(C)NC(=O)CN(Cc2cccc(C)c2)S(=O)(=O)c2ccc(Cl)cc2)cc1. The molecular weight excluding hydrogens is 476 g/mol. The van der Waals surface area contributed by atoms with E-state index in [-0.39, 0.29) is 29.9 Å². The first-order chi connectivity index (χ1) is 15.7. The number of hydrogen-bond donors (Lipinski definition) is 1. The summed E-state index contributed by atoms with van der Waals surface area (Å²) in [4.78, 5) is 14.1. The van der Waals surface area contributed by atoms with Crippen LogP contribution in [0.3, 0.4) is 0 Å². The molecule has 3 rings (SSSR count). The van der Waals surface area contributed by atoms with Gasteiger partial charge in [0.05, 0.1) is 17.5 Å². The number of halogens is 1. The number of sulfonamides is 1. The Balaban J connectivity index is 1.82. The third-order valence-electron chi connectivity index (χ3n) is 5.21. The average Bonchev–Trinajstić information content (AvgIpc) is 2.79. The highest BCUT2D eigenvalue weighted by Crippen LogP contribution is 2.22. The fourth-order valence-corrected chi connectivity index (χ4v) is 5.34. The number of thioether (sulfide) groups is 1. The highest BCUT2D eigenvalue weighted by Gasteiger charge is 2.27. The minimum Gasteiger partial charge on any atom is -0.348 e. The molecule has 174 valence electrons. The molecule has 5 nitrogen and oxygen atoms in total. The number of carbonyl (C=O) groups excluding carboxylic acids is 1. The van der Waals surface area contributed by atoms with Crippen LogP contribution in [-0.2, 0) is 21.4 Å². The molecule has 8 heteroatoms. The van der Waals surface area contributed by atoms with Crippen molar-refractivity contribution in [3.63, 3.8) is 0 Å². The first-order valence-electron chi connectivity index (χ1n) is 10.4. The van der Waals surface area contributed by atoms with E-state index in [1.54, 1.807) is 11.8 Å².